The Labute approximate surface area is 178 Å². The lowest BCUT2D eigenvalue weighted by Crippen LogP contribution is -2.25. The second-order valence-electron chi connectivity index (χ2n) is 7.06. The van der Waals surface area contributed by atoms with Crippen molar-refractivity contribution in [3.05, 3.63) is 52.8 Å². The van der Waals surface area contributed by atoms with Gasteiger partial charge in [0.2, 0.25) is 0 Å². The Bertz CT molecular complexity index is 951. The third-order valence-electron chi connectivity index (χ3n) is 5.35. The molecule has 0 spiro atoms. The topological polar surface area (TPSA) is 39.5 Å². The van der Waals surface area contributed by atoms with Gasteiger partial charge < -0.3 is 18.9 Å². The lowest BCUT2D eigenvalue weighted by atomic mass is 10.1. The van der Waals surface area contributed by atoms with Crippen LogP contribution in [0.1, 0.15) is 31.7 Å². The van der Waals surface area contributed by atoms with Crippen molar-refractivity contribution in [3.8, 4) is 11.5 Å². The van der Waals surface area contributed by atoms with E-state index < -0.39 is 0 Å². The van der Waals surface area contributed by atoms with E-state index in [4.69, 9.17) is 26.1 Å². The molecule has 0 amide bonds. The number of ether oxygens (including phenoxy) is 2. The van der Waals surface area contributed by atoms with Gasteiger partial charge in [0.1, 0.15) is 5.82 Å². The highest BCUT2D eigenvalue weighted by Crippen LogP contribution is 2.29. The van der Waals surface area contributed by atoms with Gasteiger partial charge in [-0.15, -0.1) is 0 Å². The van der Waals surface area contributed by atoms with Crippen LogP contribution in [0.15, 0.2) is 36.4 Å². The molecule has 0 aliphatic carbocycles. The van der Waals surface area contributed by atoms with E-state index in [0.29, 0.717) is 5.02 Å². The van der Waals surface area contributed by atoms with E-state index in [2.05, 4.69) is 35.4 Å². The molecule has 0 aliphatic heterocycles. The van der Waals surface area contributed by atoms with Crippen molar-refractivity contribution in [1.29, 1.82) is 0 Å². The lowest BCUT2D eigenvalue weighted by Gasteiger charge is -2.18. The minimum Gasteiger partial charge on any atom is -0.493 e. The fourth-order valence-electron chi connectivity index (χ4n) is 3.70. The molecule has 0 atom stereocenters. The summed E-state index contributed by atoms with van der Waals surface area (Å²) >= 11 is 6.21. The monoisotopic (exact) mass is 415 g/mol. The van der Waals surface area contributed by atoms with Crippen molar-refractivity contribution in [2.75, 3.05) is 33.9 Å². The van der Waals surface area contributed by atoms with E-state index in [1.54, 1.807) is 14.2 Å². The molecule has 5 nitrogen and oxygen atoms in total. The number of rotatable bonds is 10. The summed E-state index contributed by atoms with van der Waals surface area (Å²) in [5, 5.41) is 0.711. The summed E-state index contributed by atoms with van der Waals surface area (Å²) in [6.45, 7) is 8.58. The van der Waals surface area contributed by atoms with Crippen LogP contribution in [0.4, 0.5) is 0 Å². The van der Waals surface area contributed by atoms with E-state index >= 15 is 0 Å². The first-order valence-electron chi connectivity index (χ1n) is 10.2. The molecule has 3 aromatic rings. The van der Waals surface area contributed by atoms with Crippen molar-refractivity contribution < 1.29 is 9.47 Å². The first-order valence-corrected chi connectivity index (χ1v) is 10.5. The summed E-state index contributed by atoms with van der Waals surface area (Å²) in [6, 6.07) is 12.0. The fraction of sp³-hybridized carbons (Fsp3) is 0.435. The molecule has 6 heteroatoms. The summed E-state index contributed by atoms with van der Waals surface area (Å²) in [5.41, 5.74) is 3.20. The number of methoxy groups -OCH3 is 2. The zero-order valence-electron chi connectivity index (χ0n) is 17.7. The van der Waals surface area contributed by atoms with Crippen LogP contribution in [-0.2, 0) is 13.0 Å². The Morgan fingerprint density at radius 1 is 1.00 bits per heavy atom. The van der Waals surface area contributed by atoms with Crippen molar-refractivity contribution in [3.63, 3.8) is 0 Å². The first kappa shape index (κ1) is 21.5. The van der Waals surface area contributed by atoms with Crippen LogP contribution in [0.25, 0.3) is 11.0 Å². The summed E-state index contributed by atoms with van der Waals surface area (Å²) in [6.07, 6.45) is 1.80. The molecule has 156 valence electrons. The molecule has 0 saturated heterocycles. The predicted octanol–water partition coefficient (Wildman–Crippen LogP) is 5.03. The number of fused-ring (bicyclic) bond motifs is 1. The van der Waals surface area contributed by atoms with Gasteiger partial charge in [-0.05, 0) is 62.0 Å². The summed E-state index contributed by atoms with van der Waals surface area (Å²) in [7, 11) is 3.31. The maximum atomic E-state index is 6.21. The number of nitrogens with zero attached hydrogens (tertiary/aromatic N) is 3. The Hall–Kier alpha value is -2.24. The second-order valence-corrected chi connectivity index (χ2v) is 7.50. The largest absolute Gasteiger partial charge is 0.493 e. The minimum absolute atomic E-state index is 0.711. The highest BCUT2D eigenvalue weighted by Gasteiger charge is 2.14. The van der Waals surface area contributed by atoms with Gasteiger partial charge in [-0.25, -0.2) is 4.98 Å². The van der Waals surface area contributed by atoms with E-state index in [0.717, 1.165) is 72.9 Å². The molecule has 3 rings (SSSR count). The fourth-order valence-corrected chi connectivity index (χ4v) is 3.87. The zero-order valence-corrected chi connectivity index (χ0v) is 18.5. The van der Waals surface area contributed by atoms with E-state index in [9.17, 15) is 0 Å². The number of benzene rings is 2. The molecule has 0 radical (unpaired) electrons. The van der Waals surface area contributed by atoms with Crippen LogP contribution < -0.4 is 9.47 Å². The van der Waals surface area contributed by atoms with Crippen LogP contribution in [-0.4, -0.2) is 48.3 Å². The molecule has 2 aromatic carbocycles. The number of imidazole rings is 1. The lowest BCUT2D eigenvalue weighted by molar-refractivity contribution is 0.293. The summed E-state index contributed by atoms with van der Waals surface area (Å²) < 4.78 is 13.1. The smallest absolute Gasteiger partial charge is 0.161 e. The third-order valence-corrected chi connectivity index (χ3v) is 5.59. The zero-order chi connectivity index (χ0) is 20.8. The van der Waals surface area contributed by atoms with Crippen molar-refractivity contribution >= 4 is 22.6 Å². The quantitative estimate of drug-likeness (QED) is 0.465. The van der Waals surface area contributed by atoms with Crippen LogP contribution in [0.2, 0.25) is 5.02 Å². The molecule has 0 unspecified atom stereocenters. The molecule has 29 heavy (non-hydrogen) atoms. The first-order chi connectivity index (χ1) is 14.1. The van der Waals surface area contributed by atoms with Crippen LogP contribution in [0.3, 0.4) is 0 Å². The van der Waals surface area contributed by atoms with Gasteiger partial charge in [-0.3, -0.25) is 0 Å². The molecular weight excluding hydrogens is 386 g/mol. The van der Waals surface area contributed by atoms with Gasteiger partial charge in [0.05, 0.1) is 25.3 Å². The number of hydrogen-bond acceptors (Lipinski definition) is 4. The maximum absolute atomic E-state index is 6.21. The Morgan fingerprint density at radius 3 is 2.45 bits per heavy atom. The van der Waals surface area contributed by atoms with Gasteiger partial charge in [-0.2, -0.15) is 0 Å². The molecule has 0 saturated carbocycles. The van der Waals surface area contributed by atoms with Crippen LogP contribution in [0.5, 0.6) is 11.5 Å². The Balaban J connectivity index is 1.89. The standard InChI is InChI=1S/C23H30ClN3O2/c1-5-26(6-2)12-7-13-27-20-10-9-18(24)16-19(20)25-23(27)15-17-8-11-21(28-3)22(14-17)29-4/h8-11,14,16H,5-7,12-13,15H2,1-4H3. The molecule has 1 heterocycles. The van der Waals surface area contributed by atoms with Gasteiger partial charge in [0.15, 0.2) is 11.5 Å². The van der Waals surface area contributed by atoms with E-state index in [1.165, 1.54) is 0 Å². The molecular formula is C23H30ClN3O2. The number of halogens is 1. The maximum Gasteiger partial charge on any atom is 0.161 e. The minimum atomic E-state index is 0.711. The van der Waals surface area contributed by atoms with E-state index in [1.807, 2.05) is 24.3 Å². The summed E-state index contributed by atoms with van der Waals surface area (Å²) in [4.78, 5) is 7.35. The van der Waals surface area contributed by atoms with E-state index in [-0.39, 0.29) is 0 Å². The number of hydrogen-bond donors (Lipinski definition) is 0. The average molecular weight is 416 g/mol. The van der Waals surface area contributed by atoms with Gasteiger partial charge in [0, 0.05) is 18.0 Å². The van der Waals surface area contributed by atoms with Gasteiger partial charge in [0.25, 0.3) is 0 Å². The Kier molecular flexibility index (Phi) is 7.40. The molecule has 0 N–H and O–H groups in total. The third kappa shape index (κ3) is 5.03. The van der Waals surface area contributed by atoms with Crippen molar-refractivity contribution in [2.24, 2.45) is 0 Å². The van der Waals surface area contributed by atoms with Crippen LogP contribution in [0, 0.1) is 0 Å². The van der Waals surface area contributed by atoms with Crippen LogP contribution >= 0.6 is 11.6 Å². The molecule has 0 bridgehead atoms. The van der Waals surface area contributed by atoms with Gasteiger partial charge in [-0.1, -0.05) is 31.5 Å². The highest BCUT2D eigenvalue weighted by atomic mass is 35.5. The second kappa shape index (κ2) is 9.99. The summed E-state index contributed by atoms with van der Waals surface area (Å²) in [5.74, 6) is 2.50. The Morgan fingerprint density at radius 2 is 1.76 bits per heavy atom. The average Bonchev–Trinajstić information content (AvgIpc) is 3.07. The molecule has 1 aromatic heterocycles. The van der Waals surface area contributed by atoms with Crippen molar-refractivity contribution in [2.45, 2.75) is 33.2 Å². The normalized spacial score (nSPS) is 11.4. The number of aromatic nitrogens is 2. The highest BCUT2D eigenvalue weighted by molar-refractivity contribution is 6.31. The number of aryl methyl sites for hydroxylation is 1. The van der Waals surface area contributed by atoms with Gasteiger partial charge >= 0.3 is 0 Å². The SMILES string of the molecule is CCN(CC)CCCn1c(Cc2ccc(OC)c(OC)c2)nc2cc(Cl)ccc21. The van der Waals surface area contributed by atoms with Crippen molar-refractivity contribution in [1.82, 2.24) is 14.5 Å². The molecule has 0 aliphatic rings. The molecule has 0 fully saturated rings. The predicted molar refractivity (Wildman–Crippen MR) is 120 cm³/mol.